The second-order valence-corrected chi connectivity index (χ2v) is 11.6. The van der Waals surface area contributed by atoms with Crippen LogP contribution in [0.3, 0.4) is 0 Å². The maximum Gasteiger partial charge on any atom is 0.274 e. The number of hydrogen-bond acceptors (Lipinski definition) is 6. The van der Waals surface area contributed by atoms with E-state index in [2.05, 4.69) is 34.4 Å². The van der Waals surface area contributed by atoms with Crippen LogP contribution in [0.1, 0.15) is 67.6 Å². The van der Waals surface area contributed by atoms with Gasteiger partial charge >= 0.3 is 0 Å². The first-order chi connectivity index (χ1) is 20.3. The number of aryl methyl sites for hydroxylation is 1. The van der Waals surface area contributed by atoms with Gasteiger partial charge < -0.3 is 20.4 Å². The Morgan fingerprint density at radius 2 is 1.90 bits per heavy atom. The Morgan fingerprint density at radius 3 is 2.71 bits per heavy atom. The zero-order chi connectivity index (χ0) is 29.7. The summed E-state index contributed by atoms with van der Waals surface area (Å²) in [5, 5.41) is 6.11. The molecule has 3 heterocycles. The van der Waals surface area contributed by atoms with E-state index < -0.39 is 11.4 Å². The molecule has 3 aromatic rings. The molecule has 2 aromatic heterocycles. The molecule has 1 aliphatic heterocycles. The predicted octanol–water partition coefficient (Wildman–Crippen LogP) is 2.30. The number of fused-ring (bicyclic) bond motifs is 3. The minimum atomic E-state index is -1.19. The van der Waals surface area contributed by atoms with Crippen LogP contribution in [0.2, 0.25) is 0 Å². The van der Waals surface area contributed by atoms with E-state index in [1.165, 1.54) is 9.80 Å². The third-order valence-electron chi connectivity index (χ3n) is 8.09. The number of nitrogens with one attached hydrogen (secondary N) is 2. The lowest BCUT2D eigenvalue weighted by atomic mass is 9.75. The van der Waals surface area contributed by atoms with Crippen molar-refractivity contribution in [3.63, 3.8) is 0 Å². The van der Waals surface area contributed by atoms with E-state index in [1.54, 1.807) is 29.1 Å². The zero-order valence-electron chi connectivity index (χ0n) is 24.3. The van der Waals surface area contributed by atoms with Gasteiger partial charge in [0.05, 0.1) is 6.54 Å². The van der Waals surface area contributed by atoms with Crippen molar-refractivity contribution in [3.05, 3.63) is 65.7 Å². The molecule has 4 amide bonds. The highest BCUT2D eigenvalue weighted by atomic mass is 16.2. The Bertz CT molecular complexity index is 1440. The number of aromatic nitrogens is 3. The molecule has 0 radical (unpaired) electrons. The van der Waals surface area contributed by atoms with Crippen molar-refractivity contribution < 1.29 is 19.2 Å². The first-order valence-electron chi connectivity index (χ1n) is 14.8. The van der Waals surface area contributed by atoms with E-state index in [-0.39, 0.29) is 36.5 Å². The van der Waals surface area contributed by atoms with Crippen LogP contribution in [0.4, 0.5) is 0 Å². The van der Waals surface area contributed by atoms with E-state index in [9.17, 15) is 19.2 Å². The number of imidazole rings is 1. The maximum atomic E-state index is 13.8. The molecular weight excluding hydrogens is 534 g/mol. The number of hydrogen-bond donors (Lipinski definition) is 2. The molecule has 1 aliphatic carbocycles. The lowest BCUT2D eigenvalue weighted by Gasteiger charge is -2.39. The SMILES string of the molecule is CC(C)CCN1CC(=O)NC2(CCCc3ccccc32)C(=O)NCCCCN(C(=O)c2cn3cccnc3n2)CC1=O. The molecule has 5 rings (SSSR count). The molecule has 1 spiro atoms. The van der Waals surface area contributed by atoms with Gasteiger partial charge in [0.2, 0.25) is 23.5 Å². The fraction of sp³-hybridized carbons (Fsp3) is 0.484. The van der Waals surface area contributed by atoms with Crippen LogP contribution in [-0.4, -0.2) is 80.5 Å². The highest BCUT2D eigenvalue weighted by Gasteiger charge is 2.44. The van der Waals surface area contributed by atoms with E-state index >= 15 is 0 Å². The van der Waals surface area contributed by atoms with Crippen molar-refractivity contribution in [1.29, 1.82) is 0 Å². The molecule has 0 bridgehead atoms. The minimum Gasteiger partial charge on any atom is -0.354 e. The molecule has 1 unspecified atom stereocenters. The van der Waals surface area contributed by atoms with Crippen LogP contribution in [-0.2, 0) is 26.3 Å². The quantitative estimate of drug-likeness (QED) is 0.493. The van der Waals surface area contributed by atoms with Crippen LogP contribution in [0.25, 0.3) is 5.78 Å². The summed E-state index contributed by atoms with van der Waals surface area (Å²) in [4.78, 5) is 66.2. The number of rotatable bonds is 4. The zero-order valence-corrected chi connectivity index (χ0v) is 24.3. The third kappa shape index (κ3) is 6.29. The first kappa shape index (κ1) is 29.2. The van der Waals surface area contributed by atoms with Gasteiger partial charge in [-0.1, -0.05) is 38.1 Å². The smallest absolute Gasteiger partial charge is 0.274 e. The van der Waals surface area contributed by atoms with Gasteiger partial charge in [-0.2, -0.15) is 0 Å². The van der Waals surface area contributed by atoms with Crippen molar-refractivity contribution in [1.82, 2.24) is 34.8 Å². The number of nitrogens with zero attached hydrogens (tertiary/aromatic N) is 5. The fourth-order valence-electron chi connectivity index (χ4n) is 5.80. The van der Waals surface area contributed by atoms with Gasteiger partial charge in [0.25, 0.3) is 5.91 Å². The van der Waals surface area contributed by atoms with E-state index in [0.29, 0.717) is 57.0 Å². The second-order valence-electron chi connectivity index (χ2n) is 11.6. The summed E-state index contributed by atoms with van der Waals surface area (Å²) in [6, 6.07) is 9.50. The van der Waals surface area contributed by atoms with Gasteiger partial charge in [-0.25, -0.2) is 9.97 Å². The predicted molar refractivity (Wildman–Crippen MR) is 156 cm³/mol. The van der Waals surface area contributed by atoms with Crippen LogP contribution < -0.4 is 10.6 Å². The van der Waals surface area contributed by atoms with Gasteiger partial charge in [-0.15, -0.1) is 0 Å². The topological polar surface area (TPSA) is 129 Å². The Hall–Kier alpha value is -4.28. The standard InChI is InChI=1S/C31H39N7O4/c1-22(2)12-18-36-20-26(39)35-31(13-7-10-23-9-3-4-11-24(23)31)29(42)32-14-5-6-16-37(21-27(36)40)28(41)25-19-38-17-8-15-33-30(38)34-25/h3-4,8-9,11,15,17,19,22H,5-7,10,12-14,16,18,20-21H2,1-2H3,(H,32,42)(H,35,39). The lowest BCUT2D eigenvalue weighted by Crippen LogP contribution is -2.60. The van der Waals surface area contributed by atoms with Crippen LogP contribution >= 0.6 is 0 Å². The Kier molecular flexibility index (Phi) is 8.84. The summed E-state index contributed by atoms with van der Waals surface area (Å²) < 4.78 is 1.66. The molecule has 42 heavy (non-hydrogen) atoms. The molecule has 1 saturated heterocycles. The fourth-order valence-corrected chi connectivity index (χ4v) is 5.80. The third-order valence-corrected chi connectivity index (χ3v) is 8.09. The summed E-state index contributed by atoms with van der Waals surface area (Å²) >= 11 is 0. The Morgan fingerprint density at radius 1 is 1.07 bits per heavy atom. The highest BCUT2D eigenvalue weighted by molar-refractivity contribution is 5.97. The summed E-state index contributed by atoms with van der Waals surface area (Å²) in [6.07, 6.45) is 8.91. The van der Waals surface area contributed by atoms with Crippen LogP contribution in [0, 0.1) is 5.92 Å². The second kappa shape index (κ2) is 12.7. The normalized spacial score (nSPS) is 20.8. The van der Waals surface area contributed by atoms with Gasteiger partial charge in [-0.3, -0.25) is 23.6 Å². The molecule has 1 fully saturated rings. The average Bonchev–Trinajstić information content (AvgIpc) is 3.42. The van der Waals surface area contributed by atoms with Crippen molar-refractivity contribution in [2.24, 2.45) is 5.92 Å². The van der Waals surface area contributed by atoms with Crippen molar-refractivity contribution in [2.75, 3.05) is 32.7 Å². The van der Waals surface area contributed by atoms with Crippen molar-refractivity contribution in [3.8, 4) is 0 Å². The summed E-state index contributed by atoms with van der Waals surface area (Å²) in [7, 11) is 0. The molecular formula is C31H39N7O4. The summed E-state index contributed by atoms with van der Waals surface area (Å²) in [5.41, 5.74) is 0.861. The van der Waals surface area contributed by atoms with Crippen molar-refractivity contribution >= 4 is 29.4 Å². The number of carbonyl (C=O) groups excluding carboxylic acids is 4. The number of benzene rings is 1. The largest absolute Gasteiger partial charge is 0.354 e. The molecule has 222 valence electrons. The molecule has 11 heteroatoms. The average molecular weight is 574 g/mol. The molecule has 1 atom stereocenters. The highest BCUT2D eigenvalue weighted by Crippen LogP contribution is 2.36. The van der Waals surface area contributed by atoms with E-state index in [1.807, 2.05) is 24.3 Å². The van der Waals surface area contributed by atoms with Gasteiger partial charge in [0, 0.05) is 38.2 Å². The molecule has 1 aromatic carbocycles. The molecule has 0 saturated carbocycles. The molecule has 11 nitrogen and oxygen atoms in total. The van der Waals surface area contributed by atoms with E-state index in [4.69, 9.17) is 0 Å². The Balaban J connectivity index is 1.42. The van der Waals surface area contributed by atoms with Crippen molar-refractivity contribution in [2.45, 2.75) is 57.9 Å². The monoisotopic (exact) mass is 573 g/mol. The minimum absolute atomic E-state index is 0.175. The molecule has 2 aliphatic rings. The lowest BCUT2D eigenvalue weighted by molar-refractivity contribution is -0.139. The van der Waals surface area contributed by atoms with Gasteiger partial charge in [0.1, 0.15) is 17.8 Å². The number of carbonyl (C=O) groups is 4. The maximum absolute atomic E-state index is 13.8. The summed E-state index contributed by atoms with van der Waals surface area (Å²) in [5.74, 6) is -0.646. The Labute approximate surface area is 245 Å². The molecule has 2 N–H and O–H groups in total. The van der Waals surface area contributed by atoms with Gasteiger partial charge in [0.15, 0.2) is 0 Å². The summed E-state index contributed by atoms with van der Waals surface area (Å²) in [6.45, 7) is 4.78. The van der Waals surface area contributed by atoms with Crippen LogP contribution in [0.15, 0.2) is 48.9 Å². The van der Waals surface area contributed by atoms with Crippen LogP contribution in [0.5, 0.6) is 0 Å². The van der Waals surface area contributed by atoms with Gasteiger partial charge in [-0.05, 0) is 61.6 Å². The first-order valence-corrected chi connectivity index (χ1v) is 14.8. The van der Waals surface area contributed by atoms with E-state index in [0.717, 1.165) is 24.0 Å². The number of amides is 4.